The lowest BCUT2D eigenvalue weighted by molar-refractivity contribution is 0.426. The molecule has 0 N–H and O–H groups in total. The van der Waals surface area contributed by atoms with Crippen molar-refractivity contribution in [2.75, 3.05) is 6.67 Å². The zero-order chi connectivity index (χ0) is 11.6. The summed E-state index contributed by atoms with van der Waals surface area (Å²) in [5.74, 6) is 0. The average Bonchev–Trinajstić information content (AvgIpc) is 2.53. The minimum absolute atomic E-state index is 0.347. The van der Waals surface area contributed by atoms with E-state index in [0.717, 1.165) is 11.3 Å². The van der Waals surface area contributed by atoms with Gasteiger partial charge in [0, 0.05) is 6.20 Å². The van der Waals surface area contributed by atoms with Gasteiger partial charge in [-0.05, 0) is 19.4 Å². The standard InChI is InChI=1S/C7H11FN2.2C2H6/c1-6-5-10(4-3-8)9-7(6)2;2*1-2/h5H,3-4H2,1-2H3;2*1-2H3. The van der Waals surface area contributed by atoms with E-state index in [2.05, 4.69) is 5.10 Å². The number of alkyl halides is 1. The summed E-state index contributed by atoms with van der Waals surface area (Å²) in [7, 11) is 0. The van der Waals surface area contributed by atoms with Gasteiger partial charge in [-0.2, -0.15) is 5.10 Å². The topological polar surface area (TPSA) is 17.8 Å². The lowest BCUT2D eigenvalue weighted by Crippen LogP contribution is -1.99. The Kier molecular flexibility index (Phi) is 11.4. The summed E-state index contributed by atoms with van der Waals surface area (Å²) in [5, 5.41) is 4.08. The second kappa shape index (κ2) is 10.2. The lowest BCUT2D eigenvalue weighted by atomic mass is 10.3. The van der Waals surface area contributed by atoms with Crippen LogP contribution in [-0.2, 0) is 6.54 Å². The van der Waals surface area contributed by atoms with E-state index >= 15 is 0 Å². The largest absolute Gasteiger partial charge is 0.270 e. The zero-order valence-electron chi connectivity index (χ0n) is 10.3. The molecular formula is C11H23FN2. The van der Waals surface area contributed by atoms with Crippen molar-refractivity contribution in [1.82, 2.24) is 9.78 Å². The molecule has 3 heteroatoms. The predicted molar refractivity (Wildman–Crippen MR) is 60.4 cm³/mol. The van der Waals surface area contributed by atoms with E-state index in [0.29, 0.717) is 6.54 Å². The van der Waals surface area contributed by atoms with Crippen LogP contribution in [0.4, 0.5) is 4.39 Å². The molecule has 0 unspecified atom stereocenters. The fourth-order valence-electron chi connectivity index (χ4n) is 0.818. The summed E-state index contributed by atoms with van der Waals surface area (Å²) in [4.78, 5) is 0. The molecule has 0 aromatic carbocycles. The molecule has 0 aliphatic heterocycles. The average molecular weight is 202 g/mol. The van der Waals surface area contributed by atoms with Crippen molar-refractivity contribution < 1.29 is 4.39 Å². The van der Waals surface area contributed by atoms with E-state index in [1.54, 1.807) is 4.68 Å². The minimum Gasteiger partial charge on any atom is -0.270 e. The molecule has 0 radical (unpaired) electrons. The molecule has 14 heavy (non-hydrogen) atoms. The van der Waals surface area contributed by atoms with Crippen molar-refractivity contribution in [3.63, 3.8) is 0 Å². The number of halogens is 1. The predicted octanol–water partition coefficient (Wildman–Crippen LogP) is 3.52. The first kappa shape index (κ1) is 15.6. The van der Waals surface area contributed by atoms with Gasteiger partial charge in [0.1, 0.15) is 6.67 Å². The lowest BCUT2D eigenvalue weighted by Gasteiger charge is -1.92. The number of hydrogen-bond donors (Lipinski definition) is 0. The van der Waals surface area contributed by atoms with Gasteiger partial charge < -0.3 is 0 Å². The van der Waals surface area contributed by atoms with Gasteiger partial charge >= 0.3 is 0 Å². The molecular weight excluding hydrogens is 179 g/mol. The van der Waals surface area contributed by atoms with Crippen molar-refractivity contribution in [2.24, 2.45) is 0 Å². The Bertz CT molecular complexity index is 200. The third-order valence-corrected chi connectivity index (χ3v) is 1.51. The van der Waals surface area contributed by atoms with Crippen LogP contribution < -0.4 is 0 Å². The maximum Gasteiger partial charge on any atom is 0.109 e. The monoisotopic (exact) mass is 202 g/mol. The van der Waals surface area contributed by atoms with Crippen molar-refractivity contribution in [2.45, 2.75) is 48.1 Å². The molecule has 1 aromatic heterocycles. The molecule has 84 valence electrons. The van der Waals surface area contributed by atoms with Crippen LogP contribution in [0.25, 0.3) is 0 Å². The Morgan fingerprint density at radius 2 is 1.71 bits per heavy atom. The van der Waals surface area contributed by atoms with E-state index < -0.39 is 0 Å². The molecule has 2 nitrogen and oxygen atoms in total. The van der Waals surface area contributed by atoms with Crippen LogP contribution >= 0.6 is 0 Å². The number of rotatable bonds is 2. The Morgan fingerprint density at radius 1 is 1.21 bits per heavy atom. The number of hydrogen-bond acceptors (Lipinski definition) is 1. The van der Waals surface area contributed by atoms with Gasteiger partial charge in [0.2, 0.25) is 0 Å². The van der Waals surface area contributed by atoms with Gasteiger partial charge in [-0.3, -0.25) is 4.68 Å². The van der Waals surface area contributed by atoms with Gasteiger partial charge in [0.15, 0.2) is 0 Å². The smallest absolute Gasteiger partial charge is 0.109 e. The molecule has 1 heterocycles. The van der Waals surface area contributed by atoms with Gasteiger partial charge in [-0.15, -0.1) is 0 Å². The van der Waals surface area contributed by atoms with E-state index in [-0.39, 0.29) is 6.67 Å². The third kappa shape index (κ3) is 5.73. The third-order valence-electron chi connectivity index (χ3n) is 1.51. The number of aromatic nitrogens is 2. The van der Waals surface area contributed by atoms with Crippen LogP contribution in [0.3, 0.4) is 0 Å². The summed E-state index contributed by atoms with van der Waals surface area (Å²) in [5.41, 5.74) is 2.10. The molecule has 0 aliphatic carbocycles. The summed E-state index contributed by atoms with van der Waals surface area (Å²) < 4.78 is 13.4. The summed E-state index contributed by atoms with van der Waals surface area (Å²) >= 11 is 0. The molecule has 0 saturated carbocycles. The van der Waals surface area contributed by atoms with Crippen molar-refractivity contribution in [3.05, 3.63) is 17.5 Å². The van der Waals surface area contributed by atoms with Crippen LogP contribution in [0.1, 0.15) is 39.0 Å². The van der Waals surface area contributed by atoms with E-state index in [4.69, 9.17) is 0 Å². The highest BCUT2D eigenvalue weighted by atomic mass is 19.1. The first-order valence-electron chi connectivity index (χ1n) is 5.30. The Morgan fingerprint density at radius 3 is 2.00 bits per heavy atom. The van der Waals surface area contributed by atoms with Gasteiger partial charge in [0.05, 0.1) is 12.2 Å². The van der Waals surface area contributed by atoms with Crippen molar-refractivity contribution in [3.8, 4) is 0 Å². The van der Waals surface area contributed by atoms with E-state index in [9.17, 15) is 4.39 Å². The molecule has 0 fully saturated rings. The van der Waals surface area contributed by atoms with Gasteiger partial charge in [-0.1, -0.05) is 27.7 Å². The molecule has 1 rings (SSSR count). The zero-order valence-corrected chi connectivity index (χ0v) is 10.3. The summed E-state index contributed by atoms with van der Waals surface area (Å²) in [6.07, 6.45) is 1.86. The van der Waals surface area contributed by atoms with Crippen LogP contribution in [0, 0.1) is 13.8 Å². The highest BCUT2D eigenvalue weighted by molar-refractivity contribution is 5.12. The van der Waals surface area contributed by atoms with Crippen LogP contribution in [0.5, 0.6) is 0 Å². The maximum atomic E-state index is 11.8. The van der Waals surface area contributed by atoms with E-state index in [1.807, 2.05) is 47.7 Å². The normalized spacial score (nSPS) is 8.21. The summed E-state index contributed by atoms with van der Waals surface area (Å²) in [6.45, 7) is 11.9. The SMILES string of the molecule is CC.CC.Cc1cn(CCF)nc1C. The maximum absolute atomic E-state index is 11.8. The van der Waals surface area contributed by atoms with Gasteiger partial charge in [0.25, 0.3) is 0 Å². The quantitative estimate of drug-likeness (QED) is 0.717. The Labute approximate surface area is 87.1 Å². The highest BCUT2D eigenvalue weighted by Gasteiger charge is 1.97. The Hall–Kier alpha value is -0.860. The molecule has 1 aromatic rings. The second-order valence-electron chi connectivity index (χ2n) is 2.35. The first-order valence-corrected chi connectivity index (χ1v) is 5.30. The molecule has 0 saturated heterocycles. The molecule has 0 bridgehead atoms. The van der Waals surface area contributed by atoms with Crippen LogP contribution in [0.15, 0.2) is 6.20 Å². The van der Waals surface area contributed by atoms with E-state index in [1.165, 1.54) is 0 Å². The fraction of sp³-hybridized carbons (Fsp3) is 0.727. The fourth-order valence-corrected chi connectivity index (χ4v) is 0.818. The second-order valence-corrected chi connectivity index (χ2v) is 2.35. The highest BCUT2D eigenvalue weighted by Crippen LogP contribution is 2.01. The minimum atomic E-state index is -0.347. The molecule has 0 amide bonds. The number of aryl methyl sites for hydroxylation is 3. The number of nitrogens with zero attached hydrogens (tertiary/aromatic N) is 2. The van der Waals surface area contributed by atoms with Crippen LogP contribution in [0.2, 0.25) is 0 Å². The van der Waals surface area contributed by atoms with Gasteiger partial charge in [-0.25, -0.2) is 4.39 Å². The molecule has 0 atom stereocenters. The Balaban J connectivity index is 0. The first-order chi connectivity index (χ1) is 6.74. The van der Waals surface area contributed by atoms with Crippen molar-refractivity contribution >= 4 is 0 Å². The molecule has 0 aliphatic rings. The molecule has 0 spiro atoms. The summed E-state index contributed by atoms with van der Waals surface area (Å²) in [6, 6.07) is 0. The van der Waals surface area contributed by atoms with Crippen LogP contribution in [-0.4, -0.2) is 16.5 Å². The van der Waals surface area contributed by atoms with Crippen molar-refractivity contribution in [1.29, 1.82) is 0 Å².